The highest BCUT2D eigenvalue weighted by Crippen LogP contribution is 2.31. The smallest absolute Gasteiger partial charge is 0.195 e. The zero-order valence-corrected chi connectivity index (χ0v) is 12.6. The zero-order chi connectivity index (χ0) is 13.2. The van der Waals surface area contributed by atoms with Gasteiger partial charge < -0.3 is 0 Å². The quantitative estimate of drug-likeness (QED) is 0.702. The first-order valence-electron chi connectivity index (χ1n) is 6.89. The van der Waals surface area contributed by atoms with Crippen LogP contribution in [-0.4, -0.2) is 49.1 Å². The summed E-state index contributed by atoms with van der Waals surface area (Å²) in [6, 6.07) is 0. The second-order valence-corrected chi connectivity index (χ2v) is 7.64. The first kappa shape index (κ1) is 14.6. The zero-order valence-electron chi connectivity index (χ0n) is 11.0. The van der Waals surface area contributed by atoms with Crippen LogP contribution in [0.1, 0.15) is 32.6 Å². The molecular formula is C12H23ClN2O2S. The lowest BCUT2D eigenvalue weighted by Crippen LogP contribution is -2.47. The predicted octanol–water partition coefficient (Wildman–Crippen LogP) is 1.91. The Hall–Kier alpha value is 0.160. The molecule has 0 atom stereocenters. The van der Waals surface area contributed by atoms with E-state index in [9.17, 15) is 8.42 Å². The summed E-state index contributed by atoms with van der Waals surface area (Å²) in [5.41, 5.74) is 0. The summed E-state index contributed by atoms with van der Waals surface area (Å²) in [5, 5.41) is 0. The van der Waals surface area contributed by atoms with Crippen molar-refractivity contribution in [3.63, 3.8) is 0 Å². The molecule has 0 amide bonds. The summed E-state index contributed by atoms with van der Waals surface area (Å²) in [5.74, 6) is 1.73. The van der Waals surface area contributed by atoms with Crippen LogP contribution in [0.2, 0.25) is 0 Å². The van der Waals surface area contributed by atoms with Crippen LogP contribution in [0.5, 0.6) is 0 Å². The molecule has 1 aliphatic carbocycles. The van der Waals surface area contributed by atoms with E-state index in [2.05, 4.69) is 0 Å². The molecule has 4 nitrogen and oxygen atoms in total. The predicted molar refractivity (Wildman–Crippen MR) is 73.9 cm³/mol. The highest BCUT2D eigenvalue weighted by molar-refractivity contribution is 7.86. The van der Waals surface area contributed by atoms with Gasteiger partial charge >= 0.3 is 0 Å². The minimum atomic E-state index is -3.24. The molecule has 1 aliphatic heterocycles. The molecule has 0 spiro atoms. The summed E-state index contributed by atoms with van der Waals surface area (Å²) in [6.07, 6.45) is 4.15. The molecule has 0 aromatic heterocycles. The number of nitrogens with zero attached hydrogens (tertiary/aromatic N) is 2. The third-order valence-electron chi connectivity index (χ3n) is 3.96. The van der Waals surface area contributed by atoms with E-state index in [1.54, 1.807) is 8.61 Å². The minimum Gasteiger partial charge on any atom is -0.195 e. The van der Waals surface area contributed by atoms with Crippen LogP contribution in [0, 0.1) is 11.8 Å². The van der Waals surface area contributed by atoms with Gasteiger partial charge in [-0.05, 0) is 37.5 Å². The maximum atomic E-state index is 12.5. The topological polar surface area (TPSA) is 40.6 Å². The molecule has 1 saturated carbocycles. The third-order valence-corrected chi connectivity index (χ3v) is 6.47. The number of hydrogen-bond donors (Lipinski definition) is 0. The van der Waals surface area contributed by atoms with Gasteiger partial charge in [-0.25, -0.2) is 0 Å². The lowest BCUT2D eigenvalue weighted by Gasteiger charge is -2.34. The second kappa shape index (κ2) is 6.07. The monoisotopic (exact) mass is 294 g/mol. The highest BCUT2D eigenvalue weighted by atomic mass is 35.5. The first-order chi connectivity index (χ1) is 8.57. The Morgan fingerprint density at radius 2 is 1.78 bits per heavy atom. The Kier molecular flexibility index (Phi) is 4.92. The van der Waals surface area contributed by atoms with Crippen molar-refractivity contribution in [2.45, 2.75) is 32.6 Å². The number of halogens is 1. The molecule has 0 radical (unpaired) electrons. The van der Waals surface area contributed by atoms with Gasteiger partial charge in [-0.3, -0.25) is 0 Å². The maximum Gasteiger partial charge on any atom is 0.281 e. The van der Waals surface area contributed by atoms with Crippen molar-refractivity contribution in [1.29, 1.82) is 0 Å². The van der Waals surface area contributed by atoms with E-state index in [-0.39, 0.29) is 0 Å². The van der Waals surface area contributed by atoms with Crippen molar-refractivity contribution in [3.8, 4) is 0 Å². The molecule has 106 valence electrons. The van der Waals surface area contributed by atoms with Gasteiger partial charge in [0.25, 0.3) is 10.2 Å². The van der Waals surface area contributed by atoms with Crippen LogP contribution in [0.25, 0.3) is 0 Å². The SMILES string of the molecule is CCN(CC1CC1)S(=O)(=O)N1CCC(CCl)CC1. The minimum absolute atomic E-state index is 0.483. The molecule has 0 N–H and O–H groups in total. The third kappa shape index (κ3) is 3.38. The number of hydrogen-bond acceptors (Lipinski definition) is 2. The first-order valence-corrected chi connectivity index (χ1v) is 8.82. The summed E-state index contributed by atoms with van der Waals surface area (Å²) in [6.45, 7) is 4.45. The number of alkyl halides is 1. The van der Waals surface area contributed by atoms with Crippen LogP contribution in [0.3, 0.4) is 0 Å². The van der Waals surface area contributed by atoms with Gasteiger partial charge in [-0.2, -0.15) is 17.0 Å². The fourth-order valence-corrected chi connectivity index (χ4v) is 4.47. The summed E-state index contributed by atoms with van der Waals surface area (Å²) in [4.78, 5) is 0. The molecule has 2 rings (SSSR count). The van der Waals surface area contributed by atoms with E-state index in [1.165, 1.54) is 12.8 Å². The second-order valence-electron chi connectivity index (χ2n) is 5.40. The molecule has 1 heterocycles. The number of piperidine rings is 1. The Balaban J connectivity index is 1.96. The van der Waals surface area contributed by atoms with Gasteiger partial charge in [0, 0.05) is 32.1 Å². The molecule has 1 saturated heterocycles. The van der Waals surface area contributed by atoms with Gasteiger partial charge in [0.1, 0.15) is 0 Å². The summed E-state index contributed by atoms with van der Waals surface area (Å²) >= 11 is 5.83. The molecule has 0 aromatic carbocycles. The summed E-state index contributed by atoms with van der Waals surface area (Å²) < 4.78 is 28.3. The van der Waals surface area contributed by atoms with E-state index in [0.29, 0.717) is 43.9 Å². The van der Waals surface area contributed by atoms with E-state index < -0.39 is 10.2 Å². The molecule has 2 aliphatic rings. The van der Waals surface area contributed by atoms with Gasteiger partial charge in [0.05, 0.1) is 0 Å². The van der Waals surface area contributed by atoms with E-state index in [0.717, 1.165) is 12.8 Å². The lowest BCUT2D eigenvalue weighted by atomic mass is 10.0. The van der Waals surface area contributed by atoms with Crippen molar-refractivity contribution < 1.29 is 8.42 Å². The van der Waals surface area contributed by atoms with Crippen molar-refractivity contribution in [2.24, 2.45) is 11.8 Å². The van der Waals surface area contributed by atoms with Gasteiger partial charge in [0.15, 0.2) is 0 Å². The van der Waals surface area contributed by atoms with E-state index >= 15 is 0 Å². The number of rotatable bonds is 6. The van der Waals surface area contributed by atoms with Crippen LogP contribution < -0.4 is 0 Å². The molecule has 18 heavy (non-hydrogen) atoms. The standard InChI is InChI=1S/C12H23ClN2O2S/c1-2-14(10-12-3-4-12)18(16,17)15-7-5-11(9-13)6-8-15/h11-12H,2-10H2,1H3. The fraction of sp³-hybridized carbons (Fsp3) is 1.00. The van der Waals surface area contributed by atoms with Gasteiger partial charge in [0.2, 0.25) is 0 Å². The normalized spacial score (nSPS) is 23.7. The Morgan fingerprint density at radius 3 is 2.22 bits per heavy atom. The van der Waals surface area contributed by atoms with Crippen LogP contribution >= 0.6 is 11.6 Å². The molecule has 0 unspecified atom stereocenters. The average molecular weight is 295 g/mol. The van der Waals surface area contributed by atoms with Crippen molar-refractivity contribution in [3.05, 3.63) is 0 Å². The maximum absolute atomic E-state index is 12.5. The van der Waals surface area contributed by atoms with Crippen LogP contribution in [0.4, 0.5) is 0 Å². The largest absolute Gasteiger partial charge is 0.281 e. The Morgan fingerprint density at radius 1 is 1.17 bits per heavy atom. The molecule has 2 fully saturated rings. The average Bonchev–Trinajstić information content (AvgIpc) is 3.19. The highest BCUT2D eigenvalue weighted by Gasteiger charge is 2.35. The van der Waals surface area contributed by atoms with Crippen molar-refractivity contribution in [1.82, 2.24) is 8.61 Å². The lowest BCUT2D eigenvalue weighted by molar-refractivity contribution is 0.265. The van der Waals surface area contributed by atoms with E-state index in [1.807, 2.05) is 6.92 Å². The van der Waals surface area contributed by atoms with Gasteiger partial charge in [-0.1, -0.05) is 6.92 Å². The Labute approximate surface area is 115 Å². The van der Waals surface area contributed by atoms with Crippen LogP contribution in [0.15, 0.2) is 0 Å². The molecule has 6 heteroatoms. The summed E-state index contributed by atoms with van der Waals surface area (Å²) in [7, 11) is -3.24. The molecule has 0 bridgehead atoms. The molecular weight excluding hydrogens is 272 g/mol. The van der Waals surface area contributed by atoms with Crippen molar-refractivity contribution >= 4 is 21.8 Å². The Bertz CT molecular complexity index is 362. The van der Waals surface area contributed by atoms with Gasteiger partial charge in [-0.15, -0.1) is 11.6 Å². The van der Waals surface area contributed by atoms with Crippen molar-refractivity contribution in [2.75, 3.05) is 32.1 Å². The molecule has 0 aromatic rings. The van der Waals surface area contributed by atoms with Crippen LogP contribution in [-0.2, 0) is 10.2 Å². The van der Waals surface area contributed by atoms with E-state index in [4.69, 9.17) is 11.6 Å². The fourth-order valence-electron chi connectivity index (χ4n) is 2.43.